The van der Waals surface area contributed by atoms with E-state index in [4.69, 9.17) is 14.7 Å². The van der Waals surface area contributed by atoms with Crippen LogP contribution in [0.1, 0.15) is 33.5 Å². The molecule has 5 nitrogen and oxygen atoms in total. The zero-order valence-electron chi connectivity index (χ0n) is 14.5. The van der Waals surface area contributed by atoms with Crippen LogP contribution in [-0.4, -0.2) is 17.4 Å². The number of ketones is 1. The van der Waals surface area contributed by atoms with Crippen molar-refractivity contribution >= 4 is 5.78 Å². The minimum Gasteiger partial charge on any atom is -0.492 e. The van der Waals surface area contributed by atoms with Gasteiger partial charge in [-0.25, -0.2) is 4.98 Å². The predicted molar refractivity (Wildman–Crippen MR) is 99.2 cm³/mol. The average molecular weight is 356 g/mol. The lowest BCUT2D eigenvalue weighted by atomic mass is 10.0. The number of carbonyl (C=O) groups excluding carboxylic acids is 1. The van der Waals surface area contributed by atoms with Gasteiger partial charge in [0.05, 0.1) is 23.8 Å². The van der Waals surface area contributed by atoms with Gasteiger partial charge in [0.2, 0.25) is 5.88 Å². The highest BCUT2D eigenvalue weighted by atomic mass is 16.5. The maximum atomic E-state index is 11.9. The maximum Gasteiger partial charge on any atom is 0.222 e. The molecular formula is C22H16N2O3. The van der Waals surface area contributed by atoms with Crippen molar-refractivity contribution in [2.24, 2.45) is 0 Å². The lowest BCUT2D eigenvalue weighted by Crippen LogP contribution is -2.15. The van der Waals surface area contributed by atoms with E-state index in [1.807, 2.05) is 24.3 Å². The van der Waals surface area contributed by atoms with Gasteiger partial charge in [-0.05, 0) is 35.9 Å². The average Bonchev–Trinajstić information content (AvgIpc) is 2.70. The predicted octanol–water partition coefficient (Wildman–Crippen LogP) is 4.30. The summed E-state index contributed by atoms with van der Waals surface area (Å²) >= 11 is 0. The third-order valence-corrected chi connectivity index (χ3v) is 4.38. The fraction of sp³-hybridized carbons (Fsp3) is 0.136. The van der Waals surface area contributed by atoms with Crippen LogP contribution in [0.2, 0.25) is 0 Å². The number of hydrogen-bond donors (Lipinski definition) is 0. The summed E-state index contributed by atoms with van der Waals surface area (Å²) in [4.78, 5) is 16.3. The first kappa shape index (κ1) is 16.8. The molecule has 0 bridgehead atoms. The quantitative estimate of drug-likeness (QED) is 0.697. The third-order valence-electron chi connectivity index (χ3n) is 4.38. The molecule has 132 valence electrons. The molecule has 0 fully saturated rings. The summed E-state index contributed by atoms with van der Waals surface area (Å²) in [6.07, 6.45) is 2.72. The Morgan fingerprint density at radius 2 is 2.00 bits per heavy atom. The van der Waals surface area contributed by atoms with Crippen molar-refractivity contribution in [2.45, 2.75) is 12.8 Å². The van der Waals surface area contributed by atoms with Gasteiger partial charge < -0.3 is 9.47 Å². The minimum absolute atomic E-state index is 0.0853. The highest BCUT2D eigenvalue weighted by Crippen LogP contribution is 2.32. The van der Waals surface area contributed by atoms with Crippen LogP contribution < -0.4 is 9.47 Å². The van der Waals surface area contributed by atoms with Gasteiger partial charge in [0.1, 0.15) is 11.5 Å². The van der Waals surface area contributed by atoms with Gasteiger partial charge in [-0.1, -0.05) is 18.2 Å². The summed E-state index contributed by atoms with van der Waals surface area (Å²) in [7, 11) is 0. The number of nitriles is 1. The van der Waals surface area contributed by atoms with E-state index in [9.17, 15) is 4.79 Å². The monoisotopic (exact) mass is 356 g/mol. The summed E-state index contributed by atoms with van der Waals surface area (Å²) in [6.45, 7) is 0.392. The van der Waals surface area contributed by atoms with Gasteiger partial charge in [0.15, 0.2) is 5.78 Å². The highest BCUT2D eigenvalue weighted by molar-refractivity contribution is 5.99. The Balaban J connectivity index is 1.58. The maximum absolute atomic E-state index is 11.9. The number of nitrogens with zero attached hydrogens (tertiary/aromatic N) is 2. The van der Waals surface area contributed by atoms with Gasteiger partial charge in [0, 0.05) is 30.7 Å². The van der Waals surface area contributed by atoms with Gasteiger partial charge >= 0.3 is 0 Å². The summed E-state index contributed by atoms with van der Waals surface area (Å²) in [5, 5.41) is 8.92. The zero-order valence-corrected chi connectivity index (χ0v) is 14.5. The Hall–Kier alpha value is -3.65. The molecule has 27 heavy (non-hydrogen) atoms. The fourth-order valence-electron chi connectivity index (χ4n) is 2.98. The summed E-state index contributed by atoms with van der Waals surface area (Å²) in [5.74, 6) is 1.71. The Kier molecular flexibility index (Phi) is 4.54. The number of carbonyl (C=O) groups is 1. The normalized spacial score (nSPS) is 12.6. The molecule has 2 aromatic carbocycles. The largest absolute Gasteiger partial charge is 0.492 e. The van der Waals surface area contributed by atoms with Crippen molar-refractivity contribution in [1.29, 1.82) is 5.26 Å². The fourth-order valence-corrected chi connectivity index (χ4v) is 2.98. The van der Waals surface area contributed by atoms with E-state index in [1.54, 1.807) is 36.5 Å². The van der Waals surface area contributed by atoms with Crippen LogP contribution in [0.15, 0.2) is 60.8 Å². The smallest absolute Gasteiger partial charge is 0.222 e. The van der Waals surface area contributed by atoms with Crippen LogP contribution in [0.4, 0.5) is 0 Å². The molecule has 0 radical (unpaired) electrons. The molecule has 0 amide bonds. The number of rotatable bonds is 4. The summed E-state index contributed by atoms with van der Waals surface area (Å²) < 4.78 is 11.5. The molecule has 4 rings (SSSR count). The molecule has 0 N–H and O–H groups in total. The first-order valence-corrected chi connectivity index (χ1v) is 8.64. The van der Waals surface area contributed by atoms with E-state index in [-0.39, 0.29) is 5.78 Å². The zero-order chi connectivity index (χ0) is 18.6. The van der Waals surface area contributed by atoms with E-state index in [2.05, 4.69) is 11.1 Å². The second kappa shape index (κ2) is 7.30. The third kappa shape index (κ3) is 3.65. The summed E-state index contributed by atoms with van der Waals surface area (Å²) in [5.41, 5.74) is 3.21. The van der Waals surface area contributed by atoms with Gasteiger partial charge in [0.25, 0.3) is 0 Å². The molecule has 5 heteroatoms. The van der Waals surface area contributed by atoms with Crippen molar-refractivity contribution in [3.63, 3.8) is 0 Å². The standard InChI is InChI=1S/C22H16N2O3/c23-14-16-5-3-15(4-6-16)12-17-2-1-10-24-22(17)27-18-7-8-19-20(25)9-11-26-21(19)13-18/h1-8,10,13H,9,11-12H2. The second-order valence-corrected chi connectivity index (χ2v) is 6.23. The molecule has 2 heterocycles. The van der Waals surface area contributed by atoms with E-state index < -0.39 is 0 Å². The molecule has 0 spiro atoms. The number of benzene rings is 2. The Labute approximate surface area is 156 Å². The minimum atomic E-state index is 0.0853. The van der Waals surface area contributed by atoms with Crippen molar-refractivity contribution in [1.82, 2.24) is 4.98 Å². The Morgan fingerprint density at radius 1 is 1.15 bits per heavy atom. The molecule has 1 aromatic heterocycles. The second-order valence-electron chi connectivity index (χ2n) is 6.23. The van der Waals surface area contributed by atoms with E-state index in [0.717, 1.165) is 11.1 Å². The van der Waals surface area contributed by atoms with Gasteiger partial charge in [-0.2, -0.15) is 5.26 Å². The lowest BCUT2D eigenvalue weighted by Gasteiger charge is -2.17. The number of hydrogen-bond acceptors (Lipinski definition) is 5. The van der Waals surface area contributed by atoms with Crippen LogP contribution in [0, 0.1) is 11.3 Å². The topological polar surface area (TPSA) is 72.2 Å². The van der Waals surface area contributed by atoms with Crippen molar-refractivity contribution < 1.29 is 14.3 Å². The molecular weight excluding hydrogens is 340 g/mol. The summed E-state index contributed by atoms with van der Waals surface area (Å²) in [6, 6.07) is 18.6. The number of fused-ring (bicyclic) bond motifs is 1. The first-order chi connectivity index (χ1) is 13.2. The SMILES string of the molecule is N#Cc1ccc(Cc2cccnc2Oc2ccc3c(c2)OCCC3=O)cc1. The number of Topliss-reactive ketones (excluding diaryl/α,β-unsaturated/α-hetero) is 1. The molecule has 1 aliphatic rings. The Bertz CT molecular complexity index is 1040. The van der Waals surface area contributed by atoms with Crippen LogP contribution >= 0.6 is 0 Å². The van der Waals surface area contributed by atoms with Crippen molar-refractivity contribution in [3.05, 3.63) is 83.0 Å². The molecule has 0 aliphatic carbocycles. The van der Waals surface area contributed by atoms with Crippen molar-refractivity contribution in [2.75, 3.05) is 6.61 Å². The van der Waals surface area contributed by atoms with Gasteiger partial charge in [-0.15, -0.1) is 0 Å². The molecule has 1 aliphatic heterocycles. The van der Waals surface area contributed by atoms with E-state index in [0.29, 0.717) is 48.0 Å². The molecule has 0 saturated carbocycles. The van der Waals surface area contributed by atoms with Crippen molar-refractivity contribution in [3.8, 4) is 23.4 Å². The van der Waals surface area contributed by atoms with Crippen LogP contribution in [0.3, 0.4) is 0 Å². The van der Waals surface area contributed by atoms with Crippen LogP contribution in [0.5, 0.6) is 17.4 Å². The van der Waals surface area contributed by atoms with Gasteiger partial charge in [-0.3, -0.25) is 4.79 Å². The molecule has 3 aromatic rings. The molecule has 0 saturated heterocycles. The van der Waals surface area contributed by atoms with E-state index in [1.165, 1.54) is 0 Å². The number of aromatic nitrogens is 1. The van der Waals surface area contributed by atoms with Crippen LogP contribution in [0.25, 0.3) is 0 Å². The molecule has 0 unspecified atom stereocenters. The number of pyridine rings is 1. The van der Waals surface area contributed by atoms with Crippen LogP contribution in [-0.2, 0) is 6.42 Å². The Morgan fingerprint density at radius 3 is 2.81 bits per heavy atom. The number of ether oxygens (including phenoxy) is 2. The molecule has 0 atom stereocenters. The first-order valence-electron chi connectivity index (χ1n) is 8.64. The van der Waals surface area contributed by atoms with E-state index >= 15 is 0 Å². The lowest BCUT2D eigenvalue weighted by molar-refractivity contribution is 0.0933. The highest BCUT2D eigenvalue weighted by Gasteiger charge is 2.19.